The minimum absolute atomic E-state index is 0.0642. The molecule has 1 saturated carbocycles. The number of para-hydroxylation sites is 1. The Labute approximate surface area is 273 Å². The predicted molar refractivity (Wildman–Crippen MR) is 183 cm³/mol. The van der Waals surface area contributed by atoms with E-state index in [1.54, 1.807) is 41.3 Å². The van der Waals surface area contributed by atoms with Crippen LogP contribution in [0.1, 0.15) is 54.9 Å². The van der Waals surface area contributed by atoms with Crippen LogP contribution in [-0.2, 0) is 39.0 Å². The molecule has 1 fully saturated rings. The van der Waals surface area contributed by atoms with Crippen molar-refractivity contribution in [2.45, 2.75) is 75.9 Å². The van der Waals surface area contributed by atoms with Crippen LogP contribution in [0.2, 0.25) is 0 Å². The van der Waals surface area contributed by atoms with Crippen LogP contribution in [0.15, 0.2) is 114 Å². The molecular weight excluding hydrogens is 595 g/mol. The van der Waals surface area contributed by atoms with Gasteiger partial charge in [0.1, 0.15) is 12.6 Å². The van der Waals surface area contributed by atoms with Crippen LogP contribution >= 0.6 is 0 Å². The molecule has 5 rings (SSSR count). The van der Waals surface area contributed by atoms with E-state index < -0.39 is 28.5 Å². The van der Waals surface area contributed by atoms with Crippen LogP contribution in [0.25, 0.3) is 0 Å². The van der Waals surface area contributed by atoms with Crippen molar-refractivity contribution in [2.75, 3.05) is 10.8 Å². The average Bonchev–Trinajstić information content (AvgIpc) is 3.59. The molecule has 1 atom stereocenters. The van der Waals surface area contributed by atoms with Crippen molar-refractivity contribution >= 4 is 27.5 Å². The Morgan fingerprint density at radius 3 is 2.02 bits per heavy atom. The summed E-state index contributed by atoms with van der Waals surface area (Å²) in [6, 6.07) is 32.3. The van der Waals surface area contributed by atoms with Crippen molar-refractivity contribution in [3.05, 3.63) is 131 Å². The van der Waals surface area contributed by atoms with Gasteiger partial charge in [0.2, 0.25) is 11.8 Å². The van der Waals surface area contributed by atoms with E-state index in [9.17, 15) is 18.0 Å². The van der Waals surface area contributed by atoms with Gasteiger partial charge in [0, 0.05) is 19.0 Å². The summed E-state index contributed by atoms with van der Waals surface area (Å²) in [5.74, 6) is -0.671. The zero-order chi connectivity index (χ0) is 32.5. The van der Waals surface area contributed by atoms with E-state index in [2.05, 4.69) is 5.32 Å². The van der Waals surface area contributed by atoms with Gasteiger partial charge in [0.15, 0.2) is 0 Å². The first kappa shape index (κ1) is 32.9. The van der Waals surface area contributed by atoms with Gasteiger partial charge in [-0.15, -0.1) is 0 Å². The molecule has 8 heteroatoms. The van der Waals surface area contributed by atoms with Gasteiger partial charge >= 0.3 is 0 Å². The highest BCUT2D eigenvalue weighted by atomic mass is 32.2. The first-order valence-electron chi connectivity index (χ1n) is 16.1. The number of hydrogen-bond donors (Lipinski definition) is 1. The summed E-state index contributed by atoms with van der Waals surface area (Å²) in [6.07, 6.45) is 4.82. The number of carbonyl (C=O) groups is 2. The van der Waals surface area contributed by atoms with Gasteiger partial charge in [0.05, 0.1) is 10.6 Å². The molecule has 4 aromatic rings. The lowest BCUT2D eigenvalue weighted by Gasteiger charge is -2.34. The van der Waals surface area contributed by atoms with Gasteiger partial charge in [-0.3, -0.25) is 13.9 Å². The number of benzene rings is 4. The van der Waals surface area contributed by atoms with Crippen molar-refractivity contribution in [2.24, 2.45) is 0 Å². The van der Waals surface area contributed by atoms with E-state index in [0.29, 0.717) is 18.5 Å². The summed E-state index contributed by atoms with van der Waals surface area (Å²) < 4.78 is 29.9. The molecule has 46 heavy (non-hydrogen) atoms. The molecule has 1 aliphatic carbocycles. The number of anilines is 1. The fraction of sp³-hybridized carbons (Fsp3) is 0.316. The van der Waals surface area contributed by atoms with Gasteiger partial charge in [-0.1, -0.05) is 116 Å². The smallest absolute Gasteiger partial charge is 0.264 e. The third-order valence-electron chi connectivity index (χ3n) is 8.70. The molecular formula is C38H43N3O4S. The van der Waals surface area contributed by atoms with Crippen LogP contribution in [0.3, 0.4) is 0 Å². The standard InChI is InChI=1S/C38H43N3O4S/c1-3-32-18-10-13-21-35(32)41(46(44,45)34-24-22-29(2)23-25-34)28-37(42)40(27-31-16-8-5-9-17-31)36(26-30-14-6-4-7-15-30)38(43)39-33-19-11-12-20-33/h4-10,13-18,21-25,33,36H,3,11-12,19-20,26-28H2,1-2H3,(H,39,43)/t36-/m0/s1. The van der Waals surface area contributed by atoms with Gasteiger partial charge in [-0.05, 0) is 61.1 Å². The van der Waals surface area contributed by atoms with Crippen molar-refractivity contribution in [3.63, 3.8) is 0 Å². The fourth-order valence-electron chi connectivity index (χ4n) is 6.11. The number of hydrogen-bond acceptors (Lipinski definition) is 4. The highest BCUT2D eigenvalue weighted by Gasteiger charge is 2.36. The topological polar surface area (TPSA) is 86.8 Å². The summed E-state index contributed by atoms with van der Waals surface area (Å²) in [7, 11) is -4.14. The molecule has 2 amide bonds. The maximum atomic E-state index is 14.7. The van der Waals surface area contributed by atoms with E-state index in [-0.39, 0.29) is 23.4 Å². The zero-order valence-electron chi connectivity index (χ0n) is 26.6. The Morgan fingerprint density at radius 2 is 1.39 bits per heavy atom. The minimum atomic E-state index is -4.14. The minimum Gasteiger partial charge on any atom is -0.352 e. The highest BCUT2D eigenvalue weighted by molar-refractivity contribution is 7.92. The highest BCUT2D eigenvalue weighted by Crippen LogP contribution is 2.29. The van der Waals surface area contributed by atoms with E-state index >= 15 is 0 Å². The van der Waals surface area contributed by atoms with Crippen LogP contribution in [0.5, 0.6) is 0 Å². The van der Waals surface area contributed by atoms with Crippen LogP contribution in [0, 0.1) is 6.92 Å². The van der Waals surface area contributed by atoms with Gasteiger partial charge in [-0.25, -0.2) is 8.42 Å². The Hall–Kier alpha value is -4.43. The Bertz CT molecular complexity index is 1700. The molecule has 0 bridgehead atoms. The summed E-state index contributed by atoms with van der Waals surface area (Å²) in [4.78, 5) is 30.5. The van der Waals surface area contributed by atoms with E-state index in [1.165, 1.54) is 4.31 Å². The van der Waals surface area contributed by atoms with E-state index in [1.807, 2.05) is 86.6 Å². The van der Waals surface area contributed by atoms with Crippen molar-refractivity contribution in [3.8, 4) is 0 Å². The molecule has 0 aromatic heterocycles. The quantitative estimate of drug-likeness (QED) is 0.183. The number of nitrogens with one attached hydrogen (secondary N) is 1. The largest absolute Gasteiger partial charge is 0.352 e. The summed E-state index contributed by atoms with van der Waals surface area (Å²) in [6.45, 7) is 3.56. The number of carbonyl (C=O) groups excluding carboxylic acids is 2. The lowest BCUT2D eigenvalue weighted by Crippen LogP contribution is -2.54. The van der Waals surface area contributed by atoms with Crippen molar-refractivity contribution in [1.82, 2.24) is 10.2 Å². The molecule has 0 spiro atoms. The molecule has 4 aromatic carbocycles. The molecule has 0 unspecified atom stereocenters. The second-order valence-corrected chi connectivity index (χ2v) is 13.9. The first-order chi connectivity index (χ1) is 22.3. The molecule has 0 saturated heterocycles. The number of aryl methyl sites for hydroxylation is 2. The predicted octanol–water partition coefficient (Wildman–Crippen LogP) is 6.45. The number of sulfonamides is 1. The van der Waals surface area contributed by atoms with Crippen molar-refractivity contribution in [1.29, 1.82) is 0 Å². The average molecular weight is 638 g/mol. The monoisotopic (exact) mass is 637 g/mol. The first-order valence-corrected chi connectivity index (χ1v) is 17.5. The number of rotatable bonds is 13. The summed E-state index contributed by atoms with van der Waals surface area (Å²) >= 11 is 0. The van der Waals surface area contributed by atoms with E-state index in [0.717, 1.165) is 47.9 Å². The Balaban J connectivity index is 1.57. The fourth-order valence-corrected chi connectivity index (χ4v) is 7.56. The van der Waals surface area contributed by atoms with Gasteiger partial charge in [-0.2, -0.15) is 0 Å². The SMILES string of the molecule is CCc1ccccc1N(CC(=O)N(Cc1ccccc1)[C@@H](Cc1ccccc1)C(=O)NC1CCCC1)S(=O)(=O)c1ccc(C)cc1. The summed E-state index contributed by atoms with van der Waals surface area (Å²) in [5.41, 5.74) is 3.96. The van der Waals surface area contributed by atoms with Crippen LogP contribution < -0.4 is 9.62 Å². The normalized spacial score (nSPS) is 14.0. The lowest BCUT2D eigenvalue weighted by atomic mass is 10.0. The second kappa shape index (κ2) is 15.2. The maximum absolute atomic E-state index is 14.7. The zero-order valence-corrected chi connectivity index (χ0v) is 27.5. The number of nitrogens with zero attached hydrogens (tertiary/aromatic N) is 2. The van der Waals surface area contributed by atoms with Crippen LogP contribution in [-0.4, -0.2) is 43.8 Å². The molecule has 1 aliphatic rings. The summed E-state index contributed by atoms with van der Waals surface area (Å²) in [5, 5.41) is 3.22. The third kappa shape index (κ3) is 8.04. The van der Waals surface area contributed by atoms with Gasteiger partial charge < -0.3 is 10.2 Å². The second-order valence-electron chi connectivity index (χ2n) is 12.0. The Morgan fingerprint density at radius 1 is 0.804 bits per heavy atom. The Kier molecular flexibility index (Phi) is 10.9. The molecule has 7 nitrogen and oxygen atoms in total. The molecule has 0 heterocycles. The lowest BCUT2D eigenvalue weighted by molar-refractivity contribution is -0.140. The molecule has 1 N–H and O–H groups in total. The molecule has 0 aliphatic heterocycles. The third-order valence-corrected chi connectivity index (χ3v) is 10.5. The molecule has 0 radical (unpaired) electrons. The maximum Gasteiger partial charge on any atom is 0.264 e. The molecule has 240 valence electrons. The van der Waals surface area contributed by atoms with E-state index in [4.69, 9.17) is 0 Å². The number of amides is 2. The van der Waals surface area contributed by atoms with Gasteiger partial charge in [0.25, 0.3) is 10.0 Å². The van der Waals surface area contributed by atoms with Crippen LogP contribution in [0.4, 0.5) is 5.69 Å². The van der Waals surface area contributed by atoms with Crippen molar-refractivity contribution < 1.29 is 18.0 Å².